The Morgan fingerprint density at radius 3 is 2.54 bits per heavy atom. The van der Waals surface area contributed by atoms with Gasteiger partial charge in [-0.25, -0.2) is 0 Å². The number of nitrogens with one attached hydrogen (secondary N) is 1. The average Bonchev–Trinajstić information content (AvgIpc) is 3.05. The van der Waals surface area contributed by atoms with Crippen LogP contribution in [0.3, 0.4) is 0 Å². The predicted molar refractivity (Wildman–Crippen MR) is 94.1 cm³/mol. The molecule has 0 bridgehead atoms. The van der Waals surface area contributed by atoms with Crippen LogP contribution in [0.5, 0.6) is 0 Å². The minimum Gasteiger partial charge on any atom is -0.337 e. The monoisotopic (exact) mass is 390 g/mol. The quantitative estimate of drug-likeness (QED) is 0.727. The van der Waals surface area contributed by atoms with Crippen LogP contribution >= 0.6 is 11.6 Å². The molecule has 1 aromatic heterocycles. The van der Waals surface area contributed by atoms with Gasteiger partial charge in [-0.2, -0.15) is 18.3 Å². The summed E-state index contributed by atoms with van der Waals surface area (Å²) in [6, 6.07) is 0.746. The van der Waals surface area contributed by atoms with Crippen molar-refractivity contribution in [3.8, 4) is 0 Å². The van der Waals surface area contributed by atoms with Crippen LogP contribution in [0.1, 0.15) is 22.6 Å². The first kappa shape index (κ1) is 20.5. The molecule has 0 radical (unpaired) electrons. The van der Waals surface area contributed by atoms with Gasteiger partial charge in [-0.15, -0.1) is 11.6 Å². The highest BCUT2D eigenvalue weighted by Gasteiger charge is 2.34. The van der Waals surface area contributed by atoms with E-state index < -0.39 is 17.8 Å². The highest BCUT2D eigenvalue weighted by atomic mass is 35.5. The zero-order valence-corrected chi connectivity index (χ0v) is 15.4. The molecule has 26 heavy (non-hydrogen) atoms. The van der Waals surface area contributed by atoms with Gasteiger partial charge in [0, 0.05) is 25.1 Å². The summed E-state index contributed by atoms with van der Waals surface area (Å²) in [7, 11) is 3.83. The third kappa shape index (κ3) is 5.60. The van der Waals surface area contributed by atoms with Crippen LogP contribution < -0.4 is 0 Å². The average molecular weight is 391 g/mol. The fourth-order valence-corrected chi connectivity index (χ4v) is 2.88. The topological polar surface area (TPSA) is 52.2 Å². The van der Waals surface area contributed by atoms with Gasteiger partial charge in [0.25, 0.3) is 5.91 Å². The third-order valence-electron chi connectivity index (χ3n) is 4.03. The first-order valence-corrected chi connectivity index (χ1v) is 8.68. The molecular formula is C17H22ClF3N4O. The Morgan fingerprint density at radius 1 is 1.27 bits per heavy atom. The molecule has 1 aliphatic rings. The van der Waals surface area contributed by atoms with Crippen molar-refractivity contribution >= 4 is 17.5 Å². The predicted octanol–water partition coefficient (Wildman–Crippen LogP) is 3.17. The minimum atomic E-state index is -4.57. The molecule has 1 aliphatic carbocycles. The van der Waals surface area contributed by atoms with Crippen molar-refractivity contribution < 1.29 is 18.0 Å². The molecule has 1 amide bonds. The van der Waals surface area contributed by atoms with Crippen LogP contribution in [-0.4, -0.2) is 65.0 Å². The van der Waals surface area contributed by atoms with Gasteiger partial charge in [-0.1, -0.05) is 24.3 Å². The van der Waals surface area contributed by atoms with Crippen LogP contribution in [0.2, 0.25) is 0 Å². The second kappa shape index (κ2) is 8.73. The number of carbonyl (C=O) groups excluding carboxylic acids is 1. The van der Waals surface area contributed by atoms with Crippen molar-refractivity contribution in [3.63, 3.8) is 0 Å². The lowest BCUT2D eigenvalue weighted by molar-refractivity contribution is -0.141. The van der Waals surface area contributed by atoms with Gasteiger partial charge >= 0.3 is 6.18 Å². The number of hydrogen-bond donors (Lipinski definition) is 1. The summed E-state index contributed by atoms with van der Waals surface area (Å²) >= 11 is 6.27. The van der Waals surface area contributed by atoms with E-state index in [9.17, 15) is 18.0 Å². The summed E-state index contributed by atoms with van der Waals surface area (Å²) in [4.78, 5) is 16.2. The van der Waals surface area contributed by atoms with Gasteiger partial charge in [-0.3, -0.25) is 9.89 Å². The Labute approximate surface area is 155 Å². The molecule has 0 aliphatic heterocycles. The van der Waals surface area contributed by atoms with E-state index in [2.05, 4.69) is 5.10 Å². The Kier molecular flexibility index (Phi) is 6.88. The summed E-state index contributed by atoms with van der Waals surface area (Å²) < 4.78 is 38.2. The fourth-order valence-electron chi connectivity index (χ4n) is 2.63. The number of hydrogen-bond acceptors (Lipinski definition) is 3. The minimum absolute atomic E-state index is 0.106. The van der Waals surface area contributed by atoms with Crippen molar-refractivity contribution in [1.29, 1.82) is 0 Å². The van der Waals surface area contributed by atoms with Crippen molar-refractivity contribution in [2.24, 2.45) is 5.92 Å². The number of alkyl halides is 4. The Morgan fingerprint density at radius 2 is 1.96 bits per heavy atom. The highest BCUT2D eigenvalue weighted by molar-refractivity contribution is 6.22. The number of halogens is 4. The van der Waals surface area contributed by atoms with E-state index in [0.717, 1.165) is 12.6 Å². The lowest BCUT2D eigenvalue weighted by Crippen LogP contribution is -2.39. The molecule has 0 aromatic carbocycles. The fraction of sp³-hybridized carbons (Fsp3) is 0.529. The Hall–Kier alpha value is -1.80. The maximum absolute atomic E-state index is 12.7. The number of carbonyl (C=O) groups is 1. The smallest absolute Gasteiger partial charge is 0.337 e. The van der Waals surface area contributed by atoms with Crippen molar-refractivity contribution in [3.05, 3.63) is 41.8 Å². The molecular weight excluding hydrogens is 369 g/mol. The number of aromatic nitrogens is 2. The number of H-pyrrole nitrogens is 1. The van der Waals surface area contributed by atoms with Crippen molar-refractivity contribution in [1.82, 2.24) is 20.0 Å². The molecule has 1 heterocycles. The van der Waals surface area contributed by atoms with E-state index >= 15 is 0 Å². The maximum Gasteiger partial charge on any atom is 0.432 e. The van der Waals surface area contributed by atoms with E-state index in [1.807, 2.05) is 48.4 Å². The molecule has 1 aromatic rings. The van der Waals surface area contributed by atoms with Crippen LogP contribution in [0.15, 0.2) is 30.4 Å². The number of rotatable bonds is 7. The molecule has 5 nitrogen and oxygen atoms in total. The molecule has 0 saturated heterocycles. The molecule has 2 rings (SSSR count). The zero-order chi connectivity index (χ0) is 19.3. The highest BCUT2D eigenvalue weighted by Crippen LogP contribution is 2.28. The number of amides is 1. The standard InChI is InChI=1S/C17H22ClF3N4O/c1-24(2)8-5-9-25(11-12-6-3-4-7-13(12)18)16(26)14-10-15(23-22-14)17(19,20)21/h3-4,6-7,10,12-13H,5,8-9,11H2,1-2H3,(H,22,23). The van der Waals surface area contributed by atoms with Crippen LogP contribution in [-0.2, 0) is 6.18 Å². The Bertz CT molecular complexity index is 669. The van der Waals surface area contributed by atoms with Gasteiger partial charge in [0.1, 0.15) is 5.69 Å². The van der Waals surface area contributed by atoms with Crippen molar-refractivity contribution in [2.75, 3.05) is 33.7 Å². The van der Waals surface area contributed by atoms with E-state index in [1.54, 1.807) is 0 Å². The second-order valence-electron chi connectivity index (χ2n) is 6.45. The molecule has 144 valence electrons. The van der Waals surface area contributed by atoms with E-state index in [4.69, 9.17) is 11.6 Å². The number of aromatic amines is 1. The summed E-state index contributed by atoms with van der Waals surface area (Å²) in [6.45, 7) is 1.47. The maximum atomic E-state index is 12.7. The Balaban J connectivity index is 2.13. The third-order valence-corrected chi connectivity index (χ3v) is 4.50. The van der Waals surface area contributed by atoms with Gasteiger partial charge in [0.15, 0.2) is 5.69 Å². The molecule has 9 heteroatoms. The van der Waals surface area contributed by atoms with E-state index in [0.29, 0.717) is 19.5 Å². The summed E-state index contributed by atoms with van der Waals surface area (Å²) in [5.41, 5.74) is -1.28. The first-order chi connectivity index (χ1) is 12.2. The number of nitrogens with zero attached hydrogens (tertiary/aromatic N) is 3. The zero-order valence-electron chi connectivity index (χ0n) is 14.6. The molecule has 0 spiro atoms. The molecule has 1 N–H and O–H groups in total. The van der Waals surface area contributed by atoms with Gasteiger partial charge in [0.05, 0.1) is 5.38 Å². The summed E-state index contributed by atoms with van der Waals surface area (Å²) in [6.07, 6.45) is 3.52. The molecule has 0 fully saturated rings. The lowest BCUT2D eigenvalue weighted by Gasteiger charge is -2.28. The van der Waals surface area contributed by atoms with Crippen LogP contribution in [0.4, 0.5) is 13.2 Å². The van der Waals surface area contributed by atoms with Gasteiger partial charge in [-0.05, 0) is 27.1 Å². The molecule has 2 atom stereocenters. The lowest BCUT2D eigenvalue weighted by atomic mass is 9.99. The first-order valence-electron chi connectivity index (χ1n) is 8.24. The molecule has 2 unspecified atom stereocenters. The van der Waals surface area contributed by atoms with E-state index in [1.165, 1.54) is 4.90 Å². The molecule has 0 saturated carbocycles. The second-order valence-corrected chi connectivity index (χ2v) is 6.95. The largest absolute Gasteiger partial charge is 0.432 e. The van der Waals surface area contributed by atoms with Crippen molar-refractivity contribution in [2.45, 2.75) is 18.0 Å². The summed E-state index contributed by atoms with van der Waals surface area (Å²) in [5, 5.41) is 5.16. The van der Waals surface area contributed by atoms with Gasteiger partial charge in [0.2, 0.25) is 0 Å². The summed E-state index contributed by atoms with van der Waals surface area (Å²) in [5.74, 6) is -0.645. The van der Waals surface area contributed by atoms with Crippen LogP contribution in [0, 0.1) is 5.92 Å². The van der Waals surface area contributed by atoms with Gasteiger partial charge < -0.3 is 9.80 Å². The number of allylic oxidation sites excluding steroid dienone is 3. The normalized spacial score (nSPS) is 20.0. The van der Waals surface area contributed by atoms with Crippen LogP contribution in [0.25, 0.3) is 0 Å². The SMILES string of the molecule is CN(C)CCCN(CC1C=CC=CC1Cl)C(=O)c1cc(C(F)(F)F)[nH]n1. The van der Waals surface area contributed by atoms with E-state index in [-0.39, 0.29) is 17.0 Å².